The zero-order valence-electron chi connectivity index (χ0n) is 8.19. The summed E-state index contributed by atoms with van der Waals surface area (Å²) < 4.78 is 1.85. The molecule has 0 spiro atoms. The molecule has 0 fully saturated rings. The normalized spacial score (nSPS) is 10.4. The molecule has 0 aliphatic heterocycles. The number of nitrogens with zero attached hydrogens (tertiary/aromatic N) is 3. The van der Waals surface area contributed by atoms with Crippen molar-refractivity contribution in [3.63, 3.8) is 0 Å². The highest BCUT2D eigenvalue weighted by atomic mass is 32.1. The molecular weight excluding hydrogens is 196 g/mol. The summed E-state index contributed by atoms with van der Waals surface area (Å²) in [4.78, 5) is 4.18. The smallest absolute Gasteiger partial charge is 0.148 e. The fourth-order valence-corrected chi connectivity index (χ4v) is 1.71. The van der Waals surface area contributed by atoms with E-state index in [2.05, 4.69) is 15.4 Å². The van der Waals surface area contributed by atoms with Crippen LogP contribution in [-0.4, -0.2) is 14.8 Å². The highest BCUT2D eigenvalue weighted by Gasteiger charge is 2.00. The van der Waals surface area contributed by atoms with Crippen LogP contribution in [0.2, 0.25) is 0 Å². The quantitative estimate of drug-likeness (QED) is 0.836. The Kier molecular flexibility index (Phi) is 2.49. The van der Waals surface area contributed by atoms with Crippen LogP contribution in [0.25, 0.3) is 0 Å². The van der Waals surface area contributed by atoms with E-state index >= 15 is 0 Å². The van der Waals surface area contributed by atoms with Gasteiger partial charge >= 0.3 is 0 Å². The van der Waals surface area contributed by atoms with Gasteiger partial charge in [-0.05, 0) is 6.92 Å². The van der Waals surface area contributed by atoms with Crippen molar-refractivity contribution >= 4 is 17.2 Å². The second-order valence-corrected chi connectivity index (χ2v) is 3.85. The minimum Gasteiger partial charge on any atom is -0.363 e. The number of hydrogen-bond acceptors (Lipinski definition) is 4. The van der Waals surface area contributed by atoms with E-state index in [1.165, 1.54) is 0 Å². The lowest BCUT2D eigenvalue weighted by atomic mass is 10.4. The van der Waals surface area contributed by atoms with Crippen molar-refractivity contribution in [2.75, 3.05) is 5.32 Å². The van der Waals surface area contributed by atoms with E-state index in [0.29, 0.717) is 0 Å². The molecule has 0 radical (unpaired) electrons. The molecule has 2 aromatic heterocycles. The van der Waals surface area contributed by atoms with Crippen LogP contribution < -0.4 is 5.32 Å². The molecule has 0 aromatic carbocycles. The van der Waals surface area contributed by atoms with Crippen molar-refractivity contribution in [3.05, 3.63) is 28.3 Å². The Morgan fingerprint density at radius 3 is 3.00 bits per heavy atom. The summed E-state index contributed by atoms with van der Waals surface area (Å²) in [6.07, 6.45) is 0. The van der Waals surface area contributed by atoms with E-state index in [9.17, 15) is 0 Å². The topological polar surface area (TPSA) is 42.7 Å². The Morgan fingerprint density at radius 1 is 1.57 bits per heavy atom. The molecule has 0 saturated heterocycles. The van der Waals surface area contributed by atoms with Crippen LogP contribution in [0.1, 0.15) is 11.4 Å². The Hall–Kier alpha value is -1.36. The molecule has 0 bridgehead atoms. The maximum Gasteiger partial charge on any atom is 0.148 e. The molecule has 2 aromatic rings. The number of anilines is 1. The van der Waals surface area contributed by atoms with Gasteiger partial charge in [-0.25, -0.2) is 4.98 Å². The van der Waals surface area contributed by atoms with Gasteiger partial charge in [0.25, 0.3) is 0 Å². The van der Waals surface area contributed by atoms with Crippen molar-refractivity contribution < 1.29 is 0 Å². The Bertz CT molecular complexity index is 385. The van der Waals surface area contributed by atoms with Crippen LogP contribution >= 0.6 is 11.3 Å². The van der Waals surface area contributed by atoms with Crippen LogP contribution in [0.3, 0.4) is 0 Å². The van der Waals surface area contributed by atoms with Gasteiger partial charge in [0.05, 0.1) is 17.7 Å². The highest BCUT2D eigenvalue weighted by molar-refractivity contribution is 7.07. The van der Waals surface area contributed by atoms with Gasteiger partial charge in [0.1, 0.15) is 5.82 Å². The number of nitrogens with one attached hydrogen (secondary N) is 1. The van der Waals surface area contributed by atoms with E-state index < -0.39 is 0 Å². The third kappa shape index (κ3) is 1.93. The van der Waals surface area contributed by atoms with E-state index in [0.717, 1.165) is 23.8 Å². The van der Waals surface area contributed by atoms with Crippen LogP contribution in [0.5, 0.6) is 0 Å². The fraction of sp³-hybridized carbons (Fsp3) is 0.333. The van der Waals surface area contributed by atoms with Crippen molar-refractivity contribution in [1.29, 1.82) is 0 Å². The zero-order chi connectivity index (χ0) is 9.97. The molecule has 2 heterocycles. The summed E-state index contributed by atoms with van der Waals surface area (Å²) in [6, 6.07) is 2.02. The molecule has 0 atom stereocenters. The molecule has 0 amide bonds. The summed E-state index contributed by atoms with van der Waals surface area (Å²) in [7, 11) is 1.93. The molecule has 0 saturated carbocycles. The Labute approximate surface area is 86.6 Å². The lowest BCUT2D eigenvalue weighted by molar-refractivity contribution is 0.740. The van der Waals surface area contributed by atoms with Crippen molar-refractivity contribution in [3.8, 4) is 0 Å². The van der Waals surface area contributed by atoms with Gasteiger partial charge in [0.15, 0.2) is 0 Å². The van der Waals surface area contributed by atoms with Gasteiger partial charge in [-0.3, -0.25) is 4.68 Å². The summed E-state index contributed by atoms with van der Waals surface area (Å²) >= 11 is 1.61. The minimum atomic E-state index is 0.736. The van der Waals surface area contributed by atoms with Crippen LogP contribution in [-0.2, 0) is 13.6 Å². The number of rotatable bonds is 3. The number of aromatic nitrogens is 3. The van der Waals surface area contributed by atoms with Gasteiger partial charge < -0.3 is 5.32 Å². The molecule has 74 valence electrons. The average molecular weight is 208 g/mol. The van der Waals surface area contributed by atoms with Crippen molar-refractivity contribution in [2.24, 2.45) is 7.05 Å². The van der Waals surface area contributed by atoms with Crippen LogP contribution in [0, 0.1) is 6.92 Å². The van der Waals surface area contributed by atoms with Crippen molar-refractivity contribution in [2.45, 2.75) is 13.5 Å². The molecule has 0 aliphatic rings. The molecule has 14 heavy (non-hydrogen) atoms. The first-order valence-electron chi connectivity index (χ1n) is 4.37. The van der Waals surface area contributed by atoms with E-state index in [-0.39, 0.29) is 0 Å². The van der Waals surface area contributed by atoms with Crippen molar-refractivity contribution in [1.82, 2.24) is 14.8 Å². The SMILES string of the molecule is Cc1cc(NCc2cscn2)nn1C. The number of hydrogen-bond donors (Lipinski definition) is 1. The molecular formula is C9H12N4S. The molecule has 1 N–H and O–H groups in total. The lowest BCUT2D eigenvalue weighted by Gasteiger charge is -1.98. The molecule has 5 heteroatoms. The first-order valence-corrected chi connectivity index (χ1v) is 5.31. The predicted octanol–water partition coefficient (Wildman–Crippen LogP) is 1.80. The highest BCUT2D eigenvalue weighted by Crippen LogP contribution is 2.09. The van der Waals surface area contributed by atoms with E-state index in [1.807, 2.05) is 35.6 Å². The van der Waals surface area contributed by atoms with E-state index in [1.54, 1.807) is 11.3 Å². The molecule has 0 unspecified atom stereocenters. The minimum absolute atomic E-state index is 0.736. The summed E-state index contributed by atoms with van der Waals surface area (Å²) in [6.45, 7) is 2.76. The van der Waals surface area contributed by atoms with Gasteiger partial charge in [-0.15, -0.1) is 11.3 Å². The van der Waals surface area contributed by atoms with Crippen LogP contribution in [0.15, 0.2) is 17.0 Å². The second kappa shape index (κ2) is 3.79. The summed E-state index contributed by atoms with van der Waals surface area (Å²) in [5, 5.41) is 9.54. The van der Waals surface area contributed by atoms with E-state index in [4.69, 9.17) is 0 Å². The largest absolute Gasteiger partial charge is 0.363 e. The Morgan fingerprint density at radius 2 is 2.43 bits per heavy atom. The third-order valence-electron chi connectivity index (χ3n) is 2.05. The number of thiazole rings is 1. The first kappa shape index (κ1) is 9.21. The van der Waals surface area contributed by atoms with Gasteiger partial charge in [0, 0.05) is 24.2 Å². The molecule has 0 aliphatic carbocycles. The predicted molar refractivity (Wildman–Crippen MR) is 57.4 cm³/mol. The lowest BCUT2D eigenvalue weighted by Crippen LogP contribution is -2.00. The molecule has 2 rings (SSSR count). The zero-order valence-corrected chi connectivity index (χ0v) is 9.01. The average Bonchev–Trinajstić information content (AvgIpc) is 2.74. The maximum atomic E-state index is 4.29. The fourth-order valence-electron chi connectivity index (χ4n) is 1.15. The summed E-state index contributed by atoms with van der Waals surface area (Å²) in [5.41, 5.74) is 4.03. The Balaban J connectivity index is 1.98. The first-order chi connectivity index (χ1) is 6.75. The molecule has 4 nitrogen and oxygen atoms in total. The number of aryl methyl sites for hydroxylation is 2. The monoisotopic (exact) mass is 208 g/mol. The standard InChI is InChI=1S/C9H12N4S/c1-7-3-9(12-13(7)2)10-4-8-5-14-6-11-8/h3,5-6H,4H2,1-2H3,(H,10,12). The van der Waals surface area contributed by atoms with Gasteiger partial charge in [-0.2, -0.15) is 5.10 Å². The van der Waals surface area contributed by atoms with Crippen LogP contribution in [0.4, 0.5) is 5.82 Å². The third-order valence-corrected chi connectivity index (χ3v) is 2.68. The second-order valence-electron chi connectivity index (χ2n) is 3.13. The summed E-state index contributed by atoms with van der Waals surface area (Å²) in [5.74, 6) is 0.901. The maximum absolute atomic E-state index is 4.29. The van der Waals surface area contributed by atoms with Gasteiger partial charge in [-0.1, -0.05) is 0 Å². The van der Waals surface area contributed by atoms with Gasteiger partial charge in [0.2, 0.25) is 0 Å².